The Morgan fingerprint density at radius 1 is 1.29 bits per heavy atom. The molecule has 0 saturated carbocycles. The number of nitrogens with one attached hydrogen (secondary N) is 3. The predicted octanol–water partition coefficient (Wildman–Crippen LogP) is 3.48. The van der Waals surface area contributed by atoms with Crippen LogP contribution in [0.5, 0.6) is 0 Å². The van der Waals surface area contributed by atoms with Gasteiger partial charge < -0.3 is 20.7 Å². The Kier molecular flexibility index (Phi) is 9.13. The van der Waals surface area contributed by atoms with Gasteiger partial charge in [0.25, 0.3) is 0 Å². The monoisotopic (exact) mass is 418 g/mol. The molecule has 0 bridgehead atoms. The minimum Gasteiger partial charge on any atom is -0.444 e. The average Bonchev–Trinajstić information content (AvgIpc) is 2.88. The highest BCUT2D eigenvalue weighted by Gasteiger charge is 2.15. The van der Waals surface area contributed by atoms with Crippen LogP contribution in [-0.2, 0) is 11.3 Å². The van der Waals surface area contributed by atoms with Crippen LogP contribution in [0.4, 0.5) is 4.79 Å². The van der Waals surface area contributed by atoms with Gasteiger partial charge in [-0.05, 0) is 56.1 Å². The summed E-state index contributed by atoms with van der Waals surface area (Å²) in [5.41, 5.74) is -0.468. The zero-order valence-electron chi connectivity index (χ0n) is 14.7. The molecule has 0 aromatic carbocycles. The van der Waals surface area contributed by atoms with Gasteiger partial charge in [0, 0.05) is 34.4 Å². The number of thiophene rings is 1. The van der Waals surface area contributed by atoms with E-state index in [1.165, 1.54) is 4.88 Å². The lowest BCUT2D eigenvalue weighted by Gasteiger charge is -2.19. The van der Waals surface area contributed by atoms with E-state index in [-0.39, 0.29) is 6.09 Å². The van der Waals surface area contributed by atoms with Crippen LogP contribution in [0.25, 0.3) is 0 Å². The van der Waals surface area contributed by atoms with E-state index in [0.717, 1.165) is 29.9 Å². The number of ether oxygens (including phenoxy) is 1. The average molecular weight is 419 g/mol. The van der Waals surface area contributed by atoms with Crippen LogP contribution < -0.4 is 16.0 Å². The third-order valence-corrected chi connectivity index (χ3v) is 4.36. The number of alkyl carbamates (subject to hydrolysis) is 1. The smallest absolute Gasteiger partial charge is 0.407 e. The van der Waals surface area contributed by atoms with Crippen molar-refractivity contribution in [2.45, 2.75) is 46.3 Å². The molecule has 1 rings (SSSR count). The summed E-state index contributed by atoms with van der Waals surface area (Å²) in [5.74, 6) is 0.777. The van der Waals surface area contributed by atoms with Crippen LogP contribution in [-0.4, -0.2) is 37.3 Å². The molecule has 8 heteroatoms. The summed E-state index contributed by atoms with van der Waals surface area (Å²) in [7, 11) is 0. The third kappa shape index (κ3) is 9.77. The largest absolute Gasteiger partial charge is 0.444 e. The molecule has 0 unspecified atom stereocenters. The predicted molar refractivity (Wildman–Crippen MR) is 104 cm³/mol. The minimum atomic E-state index is -0.468. The lowest BCUT2D eigenvalue weighted by Crippen LogP contribution is -2.39. The van der Waals surface area contributed by atoms with Crippen LogP contribution in [0.3, 0.4) is 0 Å². The molecule has 24 heavy (non-hydrogen) atoms. The lowest BCUT2D eigenvalue weighted by atomic mass is 10.2. The number of guanidine groups is 1. The summed E-state index contributed by atoms with van der Waals surface area (Å²) in [6.07, 6.45) is 0.403. The van der Waals surface area contributed by atoms with Gasteiger partial charge in [0.15, 0.2) is 5.96 Å². The third-order valence-electron chi connectivity index (χ3n) is 2.67. The molecule has 0 aliphatic rings. The number of hydrogen-bond donors (Lipinski definition) is 3. The number of hydrogen-bond acceptors (Lipinski definition) is 4. The van der Waals surface area contributed by atoms with Crippen molar-refractivity contribution in [3.05, 3.63) is 20.8 Å². The van der Waals surface area contributed by atoms with Crippen molar-refractivity contribution >= 4 is 39.3 Å². The topological polar surface area (TPSA) is 74.8 Å². The zero-order valence-corrected chi connectivity index (χ0v) is 17.1. The van der Waals surface area contributed by atoms with Gasteiger partial charge in [0.2, 0.25) is 0 Å². The molecule has 1 amide bonds. The first kappa shape index (κ1) is 20.8. The molecular weight excluding hydrogens is 392 g/mol. The molecule has 0 saturated heterocycles. The fraction of sp³-hybridized carbons (Fsp3) is 0.625. The maximum Gasteiger partial charge on any atom is 0.407 e. The Bertz CT molecular complexity index is 540. The first-order valence-electron chi connectivity index (χ1n) is 8.02. The molecule has 3 N–H and O–H groups in total. The normalized spacial score (nSPS) is 12.0. The van der Waals surface area contributed by atoms with Gasteiger partial charge in [-0.2, -0.15) is 0 Å². The fourth-order valence-corrected chi connectivity index (χ4v) is 3.11. The van der Waals surface area contributed by atoms with Gasteiger partial charge >= 0.3 is 6.09 Å². The molecule has 1 heterocycles. The van der Waals surface area contributed by atoms with E-state index < -0.39 is 5.60 Å². The Balaban J connectivity index is 2.27. The summed E-state index contributed by atoms with van der Waals surface area (Å²) >= 11 is 5.12. The van der Waals surface area contributed by atoms with E-state index in [9.17, 15) is 4.79 Å². The van der Waals surface area contributed by atoms with Gasteiger partial charge in [-0.1, -0.05) is 0 Å². The van der Waals surface area contributed by atoms with Gasteiger partial charge in [-0.25, -0.2) is 9.79 Å². The highest BCUT2D eigenvalue weighted by Crippen LogP contribution is 2.20. The Morgan fingerprint density at radius 3 is 2.58 bits per heavy atom. The van der Waals surface area contributed by atoms with E-state index in [0.29, 0.717) is 13.1 Å². The van der Waals surface area contributed by atoms with Crippen LogP contribution >= 0.6 is 27.3 Å². The lowest BCUT2D eigenvalue weighted by molar-refractivity contribution is 0.0527. The van der Waals surface area contributed by atoms with Crippen LogP contribution in [0, 0.1) is 0 Å². The van der Waals surface area contributed by atoms with Crippen molar-refractivity contribution in [3.8, 4) is 0 Å². The highest BCUT2D eigenvalue weighted by molar-refractivity contribution is 9.10. The number of carbonyl (C=O) groups excluding carboxylic acids is 1. The number of carbonyl (C=O) groups is 1. The molecule has 0 aliphatic carbocycles. The second-order valence-corrected chi connectivity index (χ2v) is 8.05. The van der Waals surface area contributed by atoms with E-state index >= 15 is 0 Å². The Labute approximate surface area is 156 Å². The summed E-state index contributed by atoms with van der Waals surface area (Å²) < 4.78 is 6.27. The molecule has 136 valence electrons. The van der Waals surface area contributed by atoms with Gasteiger partial charge in [-0.3, -0.25) is 0 Å². The summed E-state index contributed by atoms with van der Waals surface area (Å²) in [6.45, 7) is 10.3. The van der Waals surface area contributed by atoms with Crippen molar-refractivity contribution in [1.82, 2.24) is 16.0 Å². The van der Waals surface area contributed by atoms with Gasteiger partial charge in [0.1, 0.15) is 5.60 Å². The van der Waals surface area contributed by atoms with Crippen molar-refractivity contribution in [2.24, 2.45) is 4.99 Å². The number of rotatable bonds is 7. The number of amides is 1. The molecule has 0 spiro atoms. The summed E-state index contributed by atoms with van der Waals surface area (Å²) in [6, 6.07) is 2.07. The number of nitrogens with zero attached hydrogens (tertiary/aromatic N) is 1. The highest BCUT2D eigenvalue weighted by atomic mass is 79.9. The molecule has 0 fully saturated rings. The molecule has 6 nitrogen and oxygen atoms in total. The molecule has 0 aliphatic heterocycles. The number of halogens is 1. The Hall–Kier alpha value is -1.28. The Morgan fingerprint density at radius 2 is 2.00 bits per heavy atom. The fourth-order valence-electron chi connectivity index (χ4n) is 1.74. The molecular formula is C16H27BrN4O2S. The molecule has 1 aromatic heterocycles. The van der Waals surface area contributed by atoms with Crippen LogP contribution in [0.1, 0.15) is 39.0 Å². The minimum absolute atomic E-state index is 0.383. The first-order chi connectivity index (χ1) is 11.3. The second-order valence-electron chi connectivity index (χ2n) is 6.14. The quantitative estimate of drug-likeness (QED) is 0.359. The van der Waals surface area contributed by atoms with E-state index in [1.807, 2.05) is 33.1 Å². The van der Waals surface area contributed by atoms with Gasteiger partial charge in [0.05, 0.1) is 6.54 Å². The van der Waals surface area contributed by atoms with Gasteiger partial charge in [-0.15, -0.1) is 11.3 Å². The van der Waals surface area contributed by atoms with E-state index in [4.69, 9.17) is 4.74 Å². The van der Waals surface area contributed by atoms with Crippen molar-refractivity contribution < 1.29 is 9.53 Å². The van der Waals surface area contributed by atoms with Crippen molar-refractivity contribution in [1.29, 1.82) is 0 Å². The van der Waals surface area contributed by atoms with E-state index in [1.54, 1.807) is 11.3 Å². The molecule has 1 aromatic rings. The van der Waals surface area contributed by atoms with Crippen molar-refractivity contribution in [3.63, 3.8) is 0 Å². The standard InChI is InChI=1S/C16H27BrN4O2S/c1-5-18-14(21-10-13-9-12(17)11-24-13)19-7-6-8-20-15(22)23-16(2,3)4/h9,11H,5-8,10H2,1-4H3,(H,20,22)(H2,18,19,21). The first-order valence-corrected chi connectivity index (χ1v) is 9.69. The summed E-state index contributed by atoms with van der Waals surface area (Å²) in [4.78, 5) is 17.3. The summed E-state index contributed by atoms with van der Waals surface area (Å²) in [5, 5.41) is 11.3. The van der Waals surface area contributed by atoms with Crippen molar-refractivity contribution in [2.75, 3.05) is 19.6 Å². The number of aliphatic imine (C=N–C) groups is 1. The molecule has 0 atom stereocenters. The zero-order chi connectivity index (χ0) is 18.0. The maximum absolute atomic E-state index is 11.5. The van der Waals surface area contributed by atoms with E-state index in [2.05, 4.69) is 42.9 Å². The molecule has 0 radical (unpaired) electrons. The SMILES string of the molecule is CCNC(=NCc1cc(Br)cs1)NCCCNC(=O)OC(C)(C)C. The van der Waals surface area contributed by atoms with Crippen LogP contribution in [0.2, 0.25) is 0 Å². The second kappa shape index (κ2) is 10.6. The van der Waals surface area contributed by atoms with Crippen LogP contribution in [0.15, 0.2) is 20.9 Å². The maximum atomic E-state index is 11.5.